The fourth-order valence-electron chi connectivity index (χ4n) is 2.68. The highest BCUT2D eigenvalue weighted by Crippen LogP contribution is 2.16. The first-order valence-corrected chi connectivity index (χ1v) is 8.79. The first-order chi connectivity index (χ1) is 11.7. The quantitative estimate of drug-likeness (QED) is 0.786. The number of methoxy groups -OCH3 is 1. The third-order valence-electron chi connectivity index (χ3n) is 4.08. The van der Waals surface area contributed by atoms with Crippen LogP contribution in [0, 0.1) is 0 Å². The van der Waals surface area contributed by atoms with Gasteiger partial charge in [0.25, 0.3) is 0 Å². The predicted molar refractivity (Wildman–Crippen MR) is 100 cm³/mol. The van der Waals surface area contributed by atoms with Crippen LogP contribution in [0.3, 0.4) is 0 Å². The minimum atomic E-state index is 0.412. The van der Waals surface area contributed by atoms with E-state index in [1.807, 2.05) is 12.4 Å². The first kappa shape index (κ1) is 16.9. The van der Waals surface area contributed by atoms with E-state index >= 15 is 0 Å². The molecule has 1 aromatic heterocycles. The molecule has 24 heavy (non-hydrogen) atoms. The summed E-state index contributed by atoms with van der Waals surface area (Å²) < 4.78 is 6.11. The molecular formula is C18H21BrN4O. The molecule has 0 N–H and O–H groups in total. The van der Waals surface area contributed by atoms with E-state index in [-0.39, 0.29) is 0 Å². The highest BCUT2D eigenvalue weighted by atomic mass is 79.9. The molecule has 1 aromatic carbocycles. The van der Waals surface area contributed by atoms with E-state index < -0.39 is 0 Å². The molecule has 1 saturated heterocycles. The van der Waals surface area contributed by atoms with Crippen LogP contribution in [-0.4, -0.2) is 54.7 Å². The van der Waals surface area contributed by atoms with Gasteiger partial charge in [0.05, 0.1) is 25.2 Å². The van der Waals surface area contributed by atoms with Crippen molar-refractivity contribution >= 4 is 27.7 Å². The molecule has 0 atom stereocenters. The second kappa shape index (κ2) is 8.26. The molecule has 1 aliphatic rings. The summed E-state index contributed by atoms with van der Waals surface area (Å²) >= 11 is 3.46. The molecule has 3 rings (SSSR count). The number of nitrogens with zero attached hydrogens (tertiary/aromatic N) is 4. The minimum absolute atomic E-state index is 0.412. The summed E-state index contributed by atoms with van der Waals surface area (Å²) in [7, 11) is 1.58. The number of rotatable bonds is 5. The smallest absolute Gasteiger partial charge is 0.316 e. The molecule has 1 aliphatic heterocycles. The molecule has 0 spiro atoms. The van der Waals surface area contributed by atoms with Gasteiger partial charge in [-0.25, -0.2) is 9.97 Å². The predicted octanol–water partition coefficient (Wildman–Crippen LogP) is 3.08. The number of hydrogen-bond donors (Lipinski definition) is 0. The Morgan fingerprint density at radius 1 is 1.08 bits per heavy atom. The molecule has 2 aromatic rings. The molecule has 126 valence electrons. The van der Waals surface area contributed by atoms with Gasteiger partial charge in [-0.2, -0.15) is 0 Å². The van der Waals surface area contributed by atoms with Gasteiger partial charge < -0.3 is 9.64 Å². The van der Waals surface area contributed by atoms with Gasteiger partial charge in [0.1, 0.15) is 0 Å². The molecule has 0 amide bonds. The third-order valence-corrected chi connectivity index (χ3v) is 4.61. The Hall–Kier alpha value is -1.92. The number of halogens is 1. The first-order valence-electron chi connectivity index (χ1n) is 8.00. The van der Waals surface area contributed by atoms with Gasteiger partial charge in [0.2, 0.25) is 0 Å². The Morgan fingerprint density at radius 3 is 2.38 bits per heavy atom. The molecule has 1 fully saturated rings. The van der Waals surface area contributed by atoms with Gasteiger partial charge in [-0.05, 0) is 17.7 Å². The van der Waals surface area contributed by atoms with Crippen LogP contribution >= 0.6 is 15.9 Å². The topological polar surface area (TPSA) is 41.5 Å². The highest BCUT2D eigenvalue weighted by Gasteiger charge is 2.16. The van der Waals surface area contributed by atoms with Crippen molar-refractivity contribution in [2.24, 2.45) is 0 Å². The molecule has 0 unspecified atom stereocenters. The van der Waals surface area contributed by atoms with Crippen molar-refractivity contribution in [1.82, 2.24) is 14.9 Å². The zero-order valence-electron chi connectivity index (χ0n) is 13.7. The summed E-state index contributed by atoms with van der Waals surface area (Å²) in [5.41, 5.74) is 2.29. The molecule has 2 heterocycles. The van der Waals surface area contributed by atoms with Gasteiger partial charge in [0.15, 0.2) is 0 Å². The zero-order chi connectivity index (χ0) is 16.8. The number of hydrogen-bond acceptors (Lipinski definition) is 5. The lowest BCUT2D eigenvalue weighted by Gasteiger charge is -2.35. The van der Waals surface area contributed by atoms with Crippen molar-refractivity contribution in [2.45, 2.75) is 0 Å². The molecule has 0 bridgehead atoms. The second-order valence-corrected chi connectivity index (χ2v) is 6.59. The summed E-state index contributed by atoms with van der Waals surface area (Å²) in [6.45, 7) is 5.03. The van der Waals surface area contributed by atoms with Crippen LogP contribution in [0.5, 0.6) is 6.01 Å². The van der Waals surface area contributed by atoms with E-state index in [4.69, 9.17) is 4.74 Å². The SMILES string of the molecule is COc1ncc(N2CCN(C/C=C/c3ccc(Br)cc3)CC2)cn1. The standard InChI is InChI=1S/C18H21BrN4O/c1-24-18-20-13-17(14-21-18)23-11-9-22(10-12-23)8-2-3-15-4-6-16(19)7-5-15/h2-7,13-14H,8-12H2,1H3/b3-2+. The van der Waals surface area contributed by atoms with E-state index in [9.17, 15) is 0 Å². The van der Waals surface area contributed by atoms with Crippen LogP contribution in [0.15, 0.2) is 47.2 Å². The maximum Gasteiger partial charge on any atom is 0.316 e. The van der Waals surface area contributed by atoms with Crippen molar-refractivity contribution in [1.29, 1.82) is 0 Å². The second-order valence-electron chi connectivity index (χ2n) is 5.67. The van der Waals surface area contributed by atoms with Crippen molar-refractivity contribution in [3.8, 4) is 6.01 Å². The molecule has 6 heteroatoms. The minimum Gasteiger partial charge on any atom is -0.467 e. The van der Waals surface area contributed by atoms with Crippen LogP contribution in [0.4, 0.5) is 5.69 Å². The number of anilines is 1. The van der Waals surface area contributed by atoms with Crippen LogP contribution in [-0.2, 0) is 0 Å². The number of piperazine rings is 1. The number of aromatic nitrogens is 2. The number of benzene rings is 1. The van der Waals surface area contributed by atoms with Gasteiger partial charge in [-0.3, -0.25) is 4.90 Å². The normalized spacial score (nSPS) is 15.8. The maximum atomic E-state index is 5.00. The van der Waals surface area contributed by atoms with Gasteiger partial charge in [-0.1, -0.05) is 40.2 Å². The van der Waals surface area contributed by atoms with Crippen LogP contribution < -0.4 is 9.64 Å². The van der Waals surface area contributed by atoms with Crippen molar-refractivity contribution < 1.29 is 4.74 Å². The van der Waals surface area contributed by atoms with Gasteiger partial charge in [-0.15, -0.1) is 0 Å². The maximum absolute atomic E-state index is 5.00. The summed E-state index contributed by atoms with van der Waals surface area (Å²) in [6, 6.07) is 8.77. The lowest BCUT2D eigenvalue weighted by Crippen LogP contribution is -2.46. The largest absolute Gasteiger partial charge is 0.467 e. The fraction of sp³-hybridized carbons (Fsp3) is 0.333. The Morgan fingerprint density at radius 2 is 1.75 bits per heavy atom. The highest BCUT2D eigenvalue weighted by molar-refractivity contribution is 9.10. The van der Waals surface area contributed by atoms with Crippen LogP contribution in [0.2, 0.25) is 0 Å². The zero-order valence-corrected chi connectivity index (χ0v) is 15.3. The van der Waals surface area contributed by atoms with E-state index in [1.54, 1.807) is 7.11 Å². The van der Waals surface area contributed by atoms with Crippen molar-refractivity contribution in [3.63, 3.8) is 0 Å². The Labute approximate surface area is 151 Å². The summed E-state index contributed by atoms with van der Waals surface area (Å²) in [4.78, 5) is 13.1. The summed E-state index contributed by atoms with van der Waals surface area (Å²) in [5.74, 6) is 0. The van der Waals surface area contributed by atoms with E-state index in [0.29, 0.717) is 6.01 Å². The monoisotopic (exact) mass is 388 g/mol. The van der Waals surface area contributed by atoms with E-state index in [1.165, 1.54) is 5.56 Å². The Kier molecular flexibility index (Phi) is 5.82. The molecule has 0 radical (unpaired) electrons. The Bertz CT molecular complexity index is 664. The van der Waals surface area contributed by atoms with E-state index in [0.717, 1.165) is 42.9 Å². The fourth-order valence-corrected chi connectivity index (χ4v) is 2.94. The van der Waals surface area contributed by atoms with Crippen molar-refractivity contribution in [2.75, 3.05) is 44.7 Å². The summed E-state index contributed by atoms with van der Waals surface area (Å²) in [6.07, 6.45) is 8.06. The van der Waals surface area contributed by atoms with E-state index in [2.05, 4.69) is 72.1 Å². The number of ether oxygens (including phenoxy) is 1. The van der Waals surface area contributed by atoms with Crippen LogP contribution in [0.1, 0.15) is 5.56 Å². The van der Waals surface area contributed by atoms with Gasteiger partial charge >= 0.3 is 6.01 Å². The lowest BCUT2D eigenvalue weighted by atomic mass is 10.2. The lowest BCUT2D eigenvalue weighted by molar-refractivity contribution is 0.284. The molecule has 0 aliphatic carbocycles. The average Bonchev–Trinajstić information content (AvgIpc) is 2.64. The third kappa shape index (κ3) is 4.55. The molecule has 5 nitrogen and oxygen atoms in total. The van der Waals surface area contributed by atoms with Crippen LogP contribution in [0.25, 0.3) is 6.08 Å². The molecular weight excluding hydrogens is 368 g/mol. The Balaban J connectivity index is 1.47. The van der Waals surface area contributed by atoms with Crippen molar-refractivity contribution in [3.05, 3.63) is 52.8 Å². The summed E-state index contributed by atoms with van der Waals surface area (Å²) in [5, 5.41) is 0. The molecule has 0 saturated carbocycles. The van der Waals surface area contributed by atoms with Gasteiger partial charge in [0, 0.05) is 37.2 Å². The average molecular weight is 389 g/mol.